The average Bonchev–Trinajstić information content (AvgIpc) is 2.90. The largest absolute Gasteiger partial charge is 0.270 e. The van der Waals surface area contributed by atoms with Crippen molar-refractivity contribution in [2.24, 2.45) is 0 Å². The van der Waals surface area contributed by atoms with Gasteiger partial charge >= 0.3 is 0 Å². The Morgan fingerprint density at radius 1 is 0.905 bits per heavy atom. The zero-order valence-electron chi connectivity index (χ0n) is 10.4. The Balaban J connectivity index is 2.04. The molecule has 0 spiro atoms. The van der Waals surface area contributed by atoms with Gasteiger partial charge in [-0.2, -0.15) is 0 Å². The molecule has 3 rings (SSSR count). The van der Waals surface area contributed by atoms with Crippen LogP contribution in [0.15, 0.2) is 42.5 Å². The lowest BCUT2D eigenvalue weighted by Crippen LogP contribution is -1.86. The molecule has 7 nitrogen and oxygen atoms in total. The highest BCUT2D eigenvalue weighted by Crippen LogP contribution is 2.32. The van der Waals surface area contributed by atoms with Crippen LogP contribution in [0.4, 0.5) is 11.4 Å². The second-order valence-electron chi connectivity index (χ2n) is 4.23. The summed E-state index contributed by atoms with van der Waals surface area (Å²) in [6, 6.07) is 10.5. The molecule has 0 aliphatic rings. The van der Waals surface area contributed by atoms with Crippen LogP contribution in [-0.4, -0.2) is 14.8 Å². The molecular weight excluding hydrogens is 294 g/mol. The molecule has 0 unspecified atom stereocenters. The highest BCUT2D eigenvalue weighted by Gasteiger charge is 2.12. The molecule has 0 fully saturated rings. The van der Waals surface area contributed by atoms with Gasteiger partial charge in [0.25, 0.3) is 11.4 Å². The lowest BCUT2D eigenvalue weighted by Gasteiger charge is -1.95. The van der Waals surface area contributed by atoms with E-state index in [1.807, 2.05) is 0 Å². The highest BCUT2D eigenvalue weighted by molar-refractivity contribution is 7.21. The van der Waals surface area contributed by atoms with Gasteiger partial charge in [0.15, 0.2) is 0 Å². The van der Waals surface area contributed by atoms with Crippen LogP contribution in [0.5, 0.6) is 0 Å². The number of nitro groups is 2. The molecule has 0 atom stereocenters. The molecule has 0 aliphatic heterocycles. The van der Waals surface area contributed by atoms with E-state index in [1.165, 1.54) is 35.6 Å². The monoisotopic (exact) mass is 301 g/mol. The summed E-state index contributed by atoms with van der Waals surface area (Å²) in [6.07, 6.45) is 0. The number of nitro benzene ring substituents is 2. The lowest BCUT2D eigenvalue weighted by atomic mass is 10.2. The molecule has 21 heavy (non-hydrogen) atoms. The number of fused-ring (bicyclic) bond motifs is 1. The molecule has 104 valence electrons. The van der Waals surface area contributed by atoms with Crippen LogP contribution in [0, 0.1) is 20.2 Å². The second kappa shape index (κ2) is 4.91. The number of nitrogens with zero attached hydrogens (tertiary/aromatic N) is 3. The number of non-ortho nitro benzene ring substituents is 2. The SMILES string of the molecule is O=[N+]([O-])c1ccc(-c2nc3ccc([N+](=O)[O-])cc3s2)cc1. The third-order valence-electron chi connectivity index (χ3n) is 2.91. The van der Waals surface area contributed by atoms with Crippen LogP contribution in [0.3, 0.4) is 0 Å². The first-order chi connectivity index (χ1) is 10.0. The van der Waals surface area contributed by atoms with Crippen LogP contribution in [-0.2, 0) is 0 Å². The van der Waals surface area contributed by atoms with E-state index in [0.717, 1.165) is 5.56 Å². The van der Waals surface area contributed by atoms with Gasteiger partial charge in [-0.05, 0) is 18.2 Å². The third kappa shape index (κ3) is 2.43. The van der Waals surface area contributed by atoms with Gasteiger partial charge in [-0.25, -0.2) is 4.98 Å². The van der Waals surface area contributed by atoms with Crippen LogP contribution in [0.1, 0.15) is 0 Å². The second-order valence-corrected chi connectivity index (χ2v) is 5.26. The Bertz CT molecular complexity index is 857. The molecule has 1 heterocycles. The Morgan fingerprint density at radius 3 is 2.14 bits per heavy atom. The van der Waals surface area contributed by atoms with E-state index in [-0.39, 0.29) is 11.4 Å². The van der Waals surface area contributed by atoms with Crippen molar-refractivity contribution in [3.05, 3.63) is 62.7 Å². The van der Waals surface area contributed by atoms with Crippen molar-refractivity contribution >= 4 is 32.9 Å². The van der Waals surface area contributed by atoms with Crippen molar-refractivity contribution in [3.63, 3.8) is 0 Å². The van der Waals surface area contributed by atoms with Crippen molar-refractivity contribution in [1.82, 2.24) is 4.98 Å². The fraction of sp³-hybridized carbons (Fsp3) is 0. The first-order valence-corrected chi connectivity index (χ1v) is 6.66. The minimum atomic E-state index is -0.467. The summed E-state index contributed by atoms with van der Waals surface area (Å²) in [5, 5.41) is 22.0. The molecule has 2 aromatic carbocycles. The first-order valence-electron chi connectivity index (χ1n) is 5.84. The average molecular weight is 301 g/mol. The molecule has 0 saturated heterocycles. The molecule has 0 amide bonds. The van der Waals surface area contributed by atoms with Gasteiger partial charge in [0.05, 0.1) is 20.1 Å². The normalized spacial score (nSPS) is 10.7. The zero-order valence-corrected chi connectivity index (χ0v) is 11.2. The number of hydrogen-bond acceptors (Lipinski definition) is 6. The summed E-state index contributed by atoms with van der Waals surface area (Å²) in [5.41, 5.74) is 1.43. The Hall–Kier alpha value is -2.87. The van der Waals surface area contributed by atoms with E-state index in [0.29, 0.717) is 15.2 Å². The quantitative estimate of drug-likeness (QED) is 0.541. The van der Waals surface area contributed by atoms with Crippen molar-refractivity contribution in [2.45, 2.75) is 0 Å². The smallest absolute Gasteiger partial charge is 0.258 e. The van der Waals surface area contributed by atoms with Gasteiger partial charge in [0.1, 0.15) is 5.01 Å². The van der Waals surface area contributed by atoms with E-state index in [1.54, 1.807) is 18.2 Å². The Morgan fingerprint density at radius 2 is 1.52 bits per heavy atom. The Kier molecular flexibility index (Phi) is 3.07. The molecule has 8 heteroatoms. The number of benzene rings is 2. The summed E-state index contributed by atoms with van der Waals surface area (Å²) in [7, 11) is 0. The fourth-order valence-corrected chi connectivity index (χ4v) is 2.88. The number of rotatable bonds is 3. The topological polar surface area (TPSA) is 99.2 Å². The van der Waals surface area contributed by atoms with Crippen LogP contribution < -0.4 is 0 Å². The maximum absolute atomic E-state index is 10.7. The molecule has 0 N–H and O–H groups in total. The summed E-state index contributed by atoms with van der Waals surface area (Å²) in [5.74, 6) is 0. The van der Waals surface area contributed by atoms with Crippen molar-refractivity contribution < 1.29 is 9.85 Å². The summed E-state index contributed by atoms with van der Waals surface area (Å²) >= 11 is 1.31. The van der Waals surface area contributed by atoms with Gasteiger partial charge in [-0.1, -0.05) is 0 Å². The molecule has 0 saturated carbocycles. The van der Waals surface area contributed by atoms with Gasteiger partial charge in [-0.3, -0.25) is 20.2 Å². The standard InChI is InChI=1S/C13H7N3O4S/c17-15(18)9-3-1-8(2-4-9)13-14-11-6-5-10(16(19)20)7-12(11)21-13/h1-7H. The van der Waals surface area contributed by atoms with E-state index < -0.39 is 9.85 Å². The maximum atomic E-state index is 10.7. The van der Waals surface area contributed by atoms with Crippen molar-refractivity contribution in [3.8, 4) is 10.6 Å². The van der Waals surface area contributed by atoms with Crippen LogP contribution >= 0.6 is 11.3 Å². The molecule has 3 aromatic rings. The Labute approximate surface area is 121 Å². The van der Waals surface area contributed by atoms with Crippen molar-refractivity contribution in [1.29, 1.82) is 0 Å². The van der Waals surface area contributed by atoms with Gasteiger partial charge in [0.2, 0.25) is 0 Å². The van der Waals surface area contributed by atoms with E-state index >= 15 is 0 Å². The molecule has 0 radical (unpaired) electrons. The molecule has 0 bridgehead atoms. The number of hydrogen-bond donors (Lipinski definition) is 0. The number of thiazole rings is 1. The van der Waals surface area contributed by atoms with E-state index in [9.17, 15) is 20.2 Å². The fourth-order valence-electron chi connectivity index (χ4n) is 1.88. The minimum absolute atomic E-state index is 0.00972. The zero-order chi connectivity index (χ0) is 15.0. The van der Waals surface area contributed by atoms with Crippen molar-refractivity contribution in [2.75, 3.05) is 0 Å². The first kappa shape index (κ1) is 13.1. The molecule has 0 aliphatic carbocycles. The van der Waals surface area contributed by atoms with E-state index in [4.69, 9.17) is 0 Å². The maximum Gasteiger partial charge on any atom is 0.270 e. The van der Waals surface area contributed by atoms with Gasteiger partial charge in [-0.15, -0.1) is 11.3 Å². The summed E-state index contributed by atoms with van der Waals surface area (Å²) in [6.45, 7) is 0. The lowest BCUT2D eigenvalue weighted by molar-refractivity contribution is -0.385. The third-order valence-corrected chi connectivity index (χ3v) is 3.98. The summed E-state index contributed by atoms with van der Waals surface area (Å²) in [4.78, 5) is 24.8. The highest BCUT2D eigenvalue weighted by atomic mass is 32.1. The summed E-state index contributed by atoms with van der Waals surface area (Å²) < 4.78 is 0.706. The predicted octanol–water partition coefficient (Wildman–Crippen LogP) is 3.78. The van der Waals surface area contributed by atoms with Crippen LogP contribution in [0.2, 0.25) is 0 Å². The van der Waals surface area contributed by atoms with Crippen LogP contribution in [0.25, 0.3) is 20.8 Å². The number of aromatic nitrogens is 1. The molecular formula is C13H7N3O4S. The minimum Gasteiger partial charge on any atom is -0.258 e. The molecule has 1 aromatic heterocycles. The van der Waals surface area contributed by atoms with Gasteiger partial charge in [0, 0.05) is 29.8 Å². The van der Waals surface area contributed by atoms with Gasteiger partial charge < -0.3 is 0 Å². The van der Waals surface area contributed by atoms with E-state index in [2.05, 4.69) is 4.98 Å². The predicted molar refractivity (Wildman–Crippen MR) is 78.4 cm³/mol.